The summed E-state index contributed by atoms with van der Waals surface area (Å²) in [4.78, 5) is 13.5. The van der Waals surface area contributed by atoms with Gasteiger partial charge in [0.05, 0.1) is 6.54 Å². The summed E-state index contributed by atoms with van der Waals surface area (Å²) in [7, 11) is 0. The van der Waals surface area contributed by atoms with Crippen LogP contribution in [-0.2, 0) is 0 Å². The second kappa shape index (κ2) is 5.85. The quantitative estimate of drug-likeness (QED) is 0.782. The van der Waals surface area contributed by atoms with Crippen molar-refractivity contribution in [3.8, 4) is 0 Å². The van der Waals surface area contributed by atoms with Gasteiger partial charge in [-0.05, 0) is 0 Å². The van der Waals surface area contributed by atoms with Crippen molar-refractivity contribution in [1.82, 2.24) is 15.1 Å². The van der Waals surface area contributed by atoms with Crippen LogP contribution in [0.1, 0.15) is 0 Å². The Morgan fingerprint density at radius 3 is 1.89 bits per heavy atom. The molecule has 1 aliphatic heterocycles. The zero-order chi connectivity index (χ0) is 14.7. The maximum Gasteiger partial charge on any atom is 0.405 e. The monoisotopic (exact) mass is 293 g/mol. The van der Waals surface area contributed by atoms with Crippen LogP contribution in [0.3, 0.4) is 0 Å². The molecular weight excluding hydrogens is 280 g/mol. The summed E-state index contributed by atoms with van der Waals surface area (Å²) in [5, 5.41) is 1.68. The van der Waals surface area contributed by atoms with Gasteiger partial charge in [-0.1, -0.05) is 0 Å². The van der Waals surface area contributed by atoms with E-state index in [1.165, 1.54) is 0 Å². The topological polar surface area (TPSA) is 35.6 Å². The highest BCUT2D eigenvalue weighted by molar-refractivity contribution is 5.74. The molecule has 0 spiro atoms. The fourth-order valence-corrected chi connectivity index (χ4v) is 1.65. The Hall–Kier alpha value is -1.19. The van der Waals surface area contributed by atoms with Crippen LogP contribution in [0.2, 0.25) is 0 Å². The number of hydrogen-bond donors (Lipinski definition) is 1. The molecule has 1 saturated heterocycles. The molecule has 0 aromatic rings. The van der Waals surface area contributed by atoms with Crippen LogP contribution in [0.5, 0.6) is 0 Å². The number of piperazine rings is 1. The molecule has 0 aromatic carbocycles. The number of rotatable bonds is 2. The number of carbonyl (C=O) groups excluding carboxylic acids is 1. The van der Waals surface area contributed by atoms with E-state index in [0.717, 1.165) is 9.80 Å². The van der Waals surface area contributed by atoms with E-state index < -0.39 is 31.5 Å². The second-order valence-corrected chi connectivity index (χ2v) is 4.15. The van der Waals surface area contributed by atoms with Crippen molar-refractivity contribution in [3.05, 3.63) is 0 Å². The van der Waals surface area contributed by atoms with Gasteiger partial charge in [0.2, 0.25) is 0 Å². The molecule has 0 saturated carbocycles. The number of halogens is 6. The summed E-state index contributed by atoms with van der Waals surface area (Å²) < 4.78 is 71.9. The molecule has 1 rings (SSSR count). The Balaban J connectivity index is 2.31. The summed E-state index contributed by atoms with van der Waals surface area (Å²) >= 11 is 0. The molecule has 1 fully saturated rings. The summed E-state index contributed by atoms with van der Waals surface area (Å²) in [6.07, 6.45) is -8.82. The molecule has 4 nitrogen and oxygen atoms in total. The predicted molar refractivity (Wildman–Crippen MR) is 53.5 cm³/mol. The molecule has 0 aliphatic carbocycles. The average Bonchev–Trinajstić information content (AvgIpc) is 2.23. The van der Waals surface area contributed by atoms with Crippen molar-refractivity contribution in [2.45, 2.75) is 12.4 Å². The van der Waals surface area contributed by atoms with Gasteiger partial charge in [0.1, 0.15) is 6.54 Å². The molecule has 19 heavy (non-hydrogen) atoms. The first-order chi connectivity index (χ1) is 8.57. The third-order valence-corrected chi connectivity index (χ3v) is 2.50. The number of carbonyl (C=O) groups is 1. The molecular formula is C9H13F6N3O. The first-order valence-electron chi connectivity index (χ1n) is 5.45. The van der Waals surface area contributed by atoms with Crippen molar-refractivity contribution in [2.24, 2.45) is 0 Å². The molecule has 0 unspecified atom stereocenters. The number of alkyl halides is 6. The van der Waals surface area contributed by atoms with Gasteiger partial charge in [-0.25, -0.2) is 4.79 Å². The summed E-state index contributed by atoms with van der Waals surface area (Å²) in [6.45, 7) is -2.61. The molecule has 0 bridgehead atoms. The van der Waals surface area contributed by atoms with E-state index >= 15 is 0 Å². The summed E-state index contributed by atoms with van der Waals surface area (Å²) in [6, 6.07) is -0.913. The zero-order valence-corrected chi connectivity index (χ0v) is 9.81. The minimum atomic E-state index is -4.51. The molecule has 1 heterocycles. The largest absolute Gasteiger partial charge is 0.405 e. The molecule has 112 valence electrons. The van der Waals surface area contributed by atoms with Crippen LogP contribution in [-0.4, -0.2) is 67.5 Å². The summed E-state index contributed by atoms with van der Waals surface area (Å²) in [5.74, 6) is 0. The van der Waals surface area contributed by atoms with Gasteiger partial charge < -0.3 is 10.2 Å². The molecule has 0 aromatic heterocycles. The lowest BCUT2D eigenvalue weighted by Gasteiger charge is -2.34. The highest BCUT2D eigenvalue weighted by Gasteiger charge is 2.33. The highest BCUT2D eigenvalue weighted by Crippen LogP contribution is 2.17. The van der Waals surface area contributed by atoms with Gasteiger partial charge in [0.25, 0.3) is 0 Å². The third-order valence-electron chi connectivity index (χ3n) is 2.50. The number of amides is 2. The Labute approximate surface area is 105 Å². The van der Waals surface area contributed by atoms with Crippen molar-refractivity contribution in [2.75, 3.05) is 39.3 Å². The van der Waals surface area contributed by atoms with E-state index in [1.807, 2.05) is 0 Å². The maximum atomic E-state index is 12.1. The van der Waals surface area contributed by atoms with Crippen LogP contribution in [0.4, 0.5) is 31.1 Å². The van der Waals surface area contributed by atoms with Crippen LogP contribution in [0, 0.1) is 0 Å². The standard InChI is InChI=1S/C9H13F6N3O/c10-8(11,12)5-16-7(19)18-3-1-17(2-4-18)6-9(13,14)15/h1-6H2,(H,16,19). The molecule has 0 atom stereocenters. The van der Waals surface area contributed by atoms with Crippen LogP contribution in [0.25, 0.3) is 0 Å². The Bertz CT molecular complexity index is 308. The van der Waals surface area contributed by atoms with Gasteiger partial charge in [-0.2, -0.15) is 26.3 Å². The van der Waals surface area contributed by atoms with Crippen LogP contribution < -0.4 is 5.32 Å². The normalized spacial score (nSPS) is 18.5. The van der Waals surface area contributed by atoms with Crippen LogP contribution in [0.15, 0.2) is 0 Å². The maximum absolute atomic E-state index is 12.1. The van der Waals surface area contributed by atoms with Crippen LogP contribution >= 0.6 is 0 Å². The smallest absolute Gasteiger partial charge is 0.329 e. The first-order valence-corrected chi connectivity index (χ1v) is 5.45. The van der Waals surface area contributed by atoms with E-state index in [2.05, 4.69) is 0 Å². The van der Waals surface area contributed by atoms with Gasteiger partial charge in [-0.15, -0.1) is 0 Å². The average molecular weight is 293 g/mol. The van der Waals surface area contributed by atoms with Gasteiger partial charge in [0, 0.05) is 26.2 Å². The number of urea groups is 1. The third kappa shape index (κ3) is 6.50. The Morgan fingerprint density at radius 2 is 1.47 bits per heavy atom. The number of hydrogen-bond acceptors (Lipinski definition) is 2. The van der Waals surface area contributed by atoms with E-state index in [9.17, 15) is 31.1 Å². The van der Waals surface area contributed by atoms with E-state index in [-0.39, 0.29) is 26.2 Å². The zero-order valence-electron chi connectivity index (χ0n) is 9.81. The SMILES string of the molecule is O=C(NCC(F)(F)F)N1CCN(CC(F)(F)F)CC1. The number of nitrogens with one attached hydrogen (secondary N) is 1. The minimum absolute atomic E-state index is 0.0149. The highest BCUT2D eigenvalue weighted by atomic mass is 19.4. The van der Waals surface area contributed by atoms with Gasteiger partial charge in [-0.3, -0.25) is 4.90 Å². The number of nitrogens with zero attached hydrogens (tertiary/aromatic N) is 2. The molecule has 0 radical (unpaired) electrons. The van der Waals surface area contributed by atoms with E-state index in [0.29, 0.717) is 0 Å². The molecule has 1 N–H and O–H groups in total. The van der Waals surface area contributed by atoms with Gasteiger partial charge in [0.15, 0.2) is 0 Å². The Morgan fingerprint density at radius 1 is 0.947 bits per heavy atom. The van der Waals surface area contributed by atoms with Crippen molar-refractivity contribution < 1.29 is 31.1 Å². The summed E-state index contributed by atoms with van der Waals surface area (Å²) in [5.41, 5.74) is 0. The lowest BCUT2D eigenvalue weighted by atomic mass is 10.3. The predicted octanol–water partition coefficient (Wildman–Crippen LogP) is 1.44. The minimum Gasteiger partial charge on any atom is -0.329 e. The lowest BCUT2D eigenvalue weighted by Crippen LogP contribution is -2.54. The molecule has 2 amide bonds. The van der Waals surface area contributed by atoms with Crippen molar-refractivity contribution >= 4 is 6.03 Å². The molecule has 1 aliphatic rings. The van der Waals surface area contributed by atoms with Gasteiger partial charge >= 0.3 is 18.4 Å². The van der Waals surface area contributed by atoms with Crippen molar-refractivity contribution in [3.63, 3.8) is 0 Å². The fourth-order valence-electron chi connectivity index (χ4n) is 1.65. The fraction of sp³-hybridized carbons (Fsp3) is 0.889. The van der Waals surface area contributed by atoms with E-state index in [4.69, 9.17) is 0 Å². The van der Waals surface area contributed by atoms with E-state index in [1.54, 1.807) is 5.32 Å². The first kappa shape index (κ1) is 15.9. The Kier molecular flexibility index (Phi) is 4.88. The molecule has 10 heteroatoms. The lowest BCUT2D eigenvalue weighted by molar-refractivity contribution is -0.148. The van der Waals surface area contributed by atoms with Crippen molar-refractivity contribution in [1.29, 1.82) is 0 Å². The second-order valence-electron chi connectivity index (χ2n) is 4.15.